The van der Waals surface area contributed by atoms with E-state index in [1.165, 1.54) is 4.68 Å². The summed E-state index contributed by atoms with van der Waals surface area (Å²) in [5.74, 6) is 0.898. The average Bonchev–Trinajstić information content (AvgIpc) is 3.35. The van der Waals surface area contributed by atoms with E-state index >= 15 is 0 Å². The zero-order valence-electron chi connectivity index (χ0n) is 16.4. The molecule has 3 heterocycles. The van der Waals surface area contributed by atoms with Crippen LogP contribution in [0.4, 0.5) is 0 Å². The number of aryl methyl sites for hydroxylation is 2. The summed E-state index contributed by atoms with van der Waals surface area (Å²) in [5.41, 5.74) is 9.60. The molecule has 9 nitrogen and oxygen atoms in total. The summed E-state index contributed by atoms with van der Waals surface area (Å²) >= 11 is 0. The largest absolute Gasteiger partial charge is 0.477 e. The highest BCUT2D eigenvalue weighted by molar-refractivity contribution is 5.90. The van der Waals surface area contributed by atoms with Crippen molar-refractivity contribution in [3.8, 4) is 34.3 Å². The maximum absolute atomic E-state index is 11.9. The second-order valence-corrected chi connectivity index (χ2v) is 6.98. The number of nitrogens with two attached hydrogens (primary N) is 1. The SMILES string of the molecule is Cl.Cl.NCCCn1nc2c(c1C(=O)O)CCc1cnc(-c3ccc4c(c3)OCO4)nc1-2. The van der Waals surface area contributed by atoms with E-state index in [2.05, 4.69) is 10.1 Å². The van der Waals surface area contributed by atoms with Crippen LogP contribution in [0, 0.1) is 0 Å². The highest BCUT2D eigenvalue weighted by atomic mass is 35.5. The van der Waals surface area contributed by atoms with Gasteiger partial charge in [0.15, 0.2) is 17.3 Å². The first-order valence-corrected chi connectivity index (χ1v) is 9.45. The third-order valence-corrected chi connectivity index (χ3v) is 5.19. The number of fused-ring (bicyclic) bond motifs is 4. The van der Waals surface area contributed by atoms with Crippen LogP contribution in [0.2, 0.25) is 0 Å². The zero-order chi connectivity index (χ0) is 20.0. The van der Waals surface area contributed by atoms with Crippen LogP contribution in [0.1, 0.15) is 28.0 Å². The van der Waals surface area contributed by atoms with Crippen LogP contribution in [-0.4, -0.2) is 44.2 Å². The molecule has 2 aliphatic rings. The quantitative estimate of drug-likeness (QED) is 0.588. The van der Waals surface area contributed by atoms with Crippen LogP contribution in [0.15, 0.2) is 24.4 Å². The molecule has 0 amide bonds. The second kappa shape index (κ2) is 9.09. The fourth-order valence-electron chi connectivity index (χ4n) is 3.80. The third-order valence-electron chi connectivity index (χ3n) is 5.19. The van der Waals surface area contributed by atoms with Gasteiger partial charge in [0.25, 0.3) is 0 Å². The van der Waals surface area contributed by atoms with Gasteiger partial charge in [-0.2, -0.15) is 5.10 Å². The molecule has 2 aromatic heterocycles. The van der Waals surface area contributed by atoms with Crippen molar-refractivity contribution in [3.05, 3.63) is 41.2 Å². The van der Waals surface area contributed by atoms with Crippen molar-refractivity contribution in [3.63, 3.8) is 0 Å². The van der Waals surface area contributed by atoms with Crippen molar-refractivity contribution in [1.29, 1.82) is 0 Å². The summed E-state index contributed by atoms with van der Waals surface area (Å²) in [7, 11) is 0. The lowest BCUT2D eigenvalue weighted by molar-refractivity contribution is 0.0681. The lowest BCUT2D eigenvalue weighted by Crippen LogP contribution is -2.14. The van der Waals surface area contributed by atoms with Gasteiger partial charge in [0.1, 0.15) is 11.4 Å². The Balaban J connectivity index is 0.00000136. The van der Waals surface area contributed by atoms with Gasteiger partial charge in [-0.1, -0.05) is 0 Å². The normalized spacial score (nSPS) is 12.9. The number of nitrogens with zero attached hydrogens (tertiary/aromatic N) is 4. The molecule has 0 spiro atoms. The first-order chi connectivity index (χ1) is 14.2. The summed E-state index contributed by atoms with van der Waals surface area (Å²) in [4.78, 5) is 21.1. The average molecular weight is 466 g/mol. The third kappa shape index (κ3) is 3.91. The van der Waals surface area contributed by atoms with Gasteiger partial charge in [-0.05, 0) is 49.6 Å². The molecule has 0 bridgehead atoms. The minimum Gasteiger partial charge on any atom is -0.477 e. The predicted octanol–water partition coefficient (Wildman–Crippen LogP) is 2.73. The van der Waals surface area contributed by atoms with Crippen molar-refractivity contribution in [1.82, 2.24) is 19.7 Å². The molecule has 0 atom stereocenters. The number of hydrogen-bond acceptors (Lipinski definition) is 7. The molecule has 3 N–H and O–H groups in total. The molecule has 0 unspecified atom stereocenters. The highest BCUT2D eigenvalue weighted by Gasteiger charge is 2.29. The number of hydrogen-bond donors (Lipinski definition) is 2. The van der Waals surface area contributed by atoms with Crippen LogP contribution >= 0.6 is 24.8 Å². The Bertz CT molecular complexity index is 1130. The molecule has 1 aromatic carbocycles. The van der Waals surface area contributed by atoms with Crippen LogP contribution in [0.3, 0.4) is 0 Å². The number of halogens is 2. The lowest BCUT2D eigenvalue weighted by atomic mass is 9.93. The van der Waals surface area contributed by atoms with E-state index in [0.717, 1.165) is 16.7 Å². The molecule has 0 radical (unpaired) electrons. The minimum absolute atomic E-state index is 0. The fourth-order valence-corrected chi connectivity index (χ4v) is 3.80. The van der Waals surface area contributed by atoms with Gasteiger partial charge in [0.05, 0.1) is 5.69 Å². The van der Waals surface area contributed by atoms with Crippen LogP contribution < -0.4 is 15.2 Å². The standard InChI is InChI=1S/C20H19N5O4.2ClH/c21-6-1-7-25-18(20(26)27)13-4-2-12-9-22-19(23-16(12)17(13)24-25)11-3-5-14-15(8-11)29-10-28-14;;/h3,5,8-9H,1-2,4,6-7,10,21H2,(H,26,27);2*1H. The van der Waals surface area contributed by atoms with Crippen LogP contribution in [0.25, 0.3) is 22.8 Å². The van der Waals surface area contributed by atoms with Gasteiger partial charge in [0, 0.05) is 23.9 Å². The van der Waals surface area contributed by atoms with Gasteiger partial charge < -0.3 is 20.3 Å². The molecule has 0 fully saturated rings. The Hall–Kier alpha value is -2.88. The Morgan fingerprint density at radius 3 is 2.74 bits per heavy atom. The molecule has 164 valence electrons. The van der Waals surface area contributed by atoms with Gasteiger partial charge in [-0.15, -0.1) is 24.8 Å². The van der Waals surface area contributed by atoms with E-state index < -0.39 is 5.97 Å². The van der Waals surface area contributed by atoms with Crippen molar-refractivity contribution < 1.29 is 19.4 Å². The summed E-state index contributed by atoms with van der Waals surface area (Å²) in [6.07, 6.45) is 3.72. The summed E-state index contributed by atoms with van der Waals surface area (Å²) in [6.45, 7) is 1.13. The summed E-state index contributed by atoms with van der Waals surface area (Å²) < 4.78 is 12.3. The number of aromatic carboxylic acids is 1. The minimum atomic E-state index is -0.982. The van der Waals surface area contributed by atoms with E-state index in [-0.39, 0.29) is 37.3 Å². The number of ether oxygens (including phenoxy) is 2. The number of aromatic nitrogens is 4. The number of carboxylic acids is 1. The fraction of sp³-hybridized carbons (Fsp3) is 0.300. The molecule has 5 rings (SSSR count). The van der Waals surface area contributed by atoms with Crippen molar-refractivity contribution in [2.24, 2.45) is 5.73 Å². The summed E-state index contributed by atoms with van der Waals surface area (Å²) in [5, 5.41) is 14.3. The molecule has 1 aliphatic carbocycles. The molecular weight excluding hydrogens is 445 g/mol. The summed E-state index contributed by atoms with van der Waals surface area (Å²) in [6, 6.07) is 5.55. The predicted molar refractivity (Wildman–Crippen MR) is 117 cm³/mol. The van der Waals surface area contributed by atoms with E-state index in [1.807, 2.05) is 18.2 Å². The van der Waals surface area contributed by atoms with Crippen molar-refractivity contribution in [2.45, 2.75) is 25.8 Å². The smallest absolute Gasteiger partial charge is 0.354 e. The topological polar surface area (TPSA) is 125 Å². The van der Waals surface area contributed by atoms with Gasteiger partial charge in [0.2, 0.25) is 6.79 Å². The van der Waals surface area contributed by atoms with Gasteiger partial charge >= 0.3 is 5.97 Å². The second-order valence-electron chi connectivity index (χ2n) is 6.98. The van der Waals surface area contributed by atoms with Gasteiger partial charge in [-0.3, -0.25) is 4.68 Å². The molecule has 3 aromatic rings. The Morgan fingerprint density at radius 1 is 1.16 bits per heavy atom. The van der Waals surface area contributed by atoms with Gasteiger partial charge in [-0.25, -0.2) is 14.8 Å². The van der Waals surface area contributed by atoms with Crippen molar-refractivity contribution in [2.75, 3.05) is 13.3 Å². The van der Waals surface area contributed by atoms with E-state index in [9.17, 15) is 9.90 Å². The Morgan fingerprint density at radius 2 is 1.97 bits per heavy atom. The first-order valence-electron chi connectivity index (χ1n) is 9.45. The number of carboxylic acid groups (broad SMARTS) is 1. The molecule has 1 aliphatic heterocycles. The molecule has 0 saturated heterocycles. The van der Waals surface area contributed by atoms with E-state index in [4.69, 9.17) is 20.2 Å². The van der Waals surface area contributed by atoms with E-state index in [0.29, 0.717) is 61.1 Å². The molecule has 31 heavy (non-hydrogen) atoms. The highest BCUT2D eigenvalue weighted by Crippen LogP contribution is 2.37. The van der Waals surface area contributed by atoms with Crippen molar-refractivity contribution >= 4 is 30.8 Å². The Labute approximate surface area is 190 Å². The maximum atomic E-state index is 11.9. The first kappa shape index (κ1) is 22.8. The lowest BCUT2D eigenvalue weighted by Gasteiger charge is -2.15. The zero-order valence-corrected chi connectivity index (χ0v) is 18.0. The van der Waals surface area contributed by atoms with Crippen LogP contribution in [0.5, 0.6) is 11.5 Å². The Kier molecular flexibility index (Phi) is 6.68. The maximum Gasteiger partial charge on any atom is 0.354 e. The number of benzene rings is 1. The molecule has 0 saturated carbocycles. The monoisotopic (exact) mass is 465 g/mol. The van der Waals surface area contributed by atoms with Crippen LogP contribution in [-0.2, 0) is 19.4 Å². The number of carbonyl (C=O) groups is 1. The molecule has 11 heteroatoms. The molecular formula is C20H21Cl2N5O4. The number of rotatable bonds is 5. The van der Waals surface area contributed by atoms with E-state index in [1.54, 1.807) is 6.20 Å².